The fourth-order valence-corrected chi connectivity index (χ4v) is 2.94. The van der Waals surface area contributed by atoms with E-state index in [-0.39, 0.29) is 4.90 Å². The summed E-state index contributed by atoms with van der Waals surface area (Å²) in [4.78, 5) is 21.6. The van der Waals surface area contributed by atoms with Crippen LogP contribution in [0, 0.1) is 6.92 Å². The summed E-state index contributed by atoms with van der Waals surface area (Å²) in [6.45, 7) is 1.70. The summed E-state index contributed by atoms with van der Waals surface area (Å²) in [6.07, 6.45) is -0.621. The highest BCUT2D eigenvalue weighted by atomic mass is 79.9. The first-order chi connectivity index (χ1) is 9.13. The van der Waals surface area contributed by atoms with Crippen LogP contribution in [0.2, 0.25) is 0 Å². The lowest BCUT2D eigenvalue weighted by molar-refractivity contribution is -0.140. The second kappa shape index (κ2) is 6.33. The number of benzene rings is 1. The summed E-state index contributed by atoms with van der Waals surface area (Å²) in [6, 6.07) is 2.65. The van der Waals surface area contributed by atoms with Gasteiger partial charge in [0.1, 0.15) is 6.04 Å². The van der Waals surface area contributed by atoms with Crippen molar-refractivity contribution in [1.82, 2.24) is 4.72 Å². The summed E-state index contributed by atoms with van der Waals surface area (Å²) in [5.41, 5.74) is 5.56. The number of nitrogens with two attached hydrogens (primary N) is 1. The van der Waals surface area contributed by atoms with Crippen LogP contribution >= 0.6 is 15.9 Å². The van der Waals surface area contributed by atoms with E-state index in [1.54, 1.807) is 6.92 Å². The first-order valence-corrected chi connectivity index (χ1v) is 7.70. The van der Waals surface area contributed by atoms with E-state index in [0.29, 0.717) is 5.56 Å². The Kier molecular flexibility index (Phi) is 5.26. The number of primary amides is 1. The number of aryl methyl sites for hydroxylation is 1. The zero-order valence-electron chi connectivity index (χ0n) is 10.5. The number of amides is 1. The molecule has 0 heterocycles. The lowest BCUT2D eigenvalue weighted by Crippen LogP contribution is -2.43. The molecule has 7 nitrogen and oxygen atoms in total. The predicted molar refractivity (Wildman–Crippen MR) is 74.4 cm³/mol. The molecule has 0 saturated heterocycles. The van der Waals surface area contributed by atoms with E-state index in [1.165, 1.54) is 18.2 Å². The fourth-order valence-electron chi connectivity index (χ4n) is 1.42. The summed E-state index contributed by atoms with van der Waals surface area (Å²) in [7, 11) is -4.05. The fraction of sp³-hybridized carbons (Fsp3) is 0.273. The van der Waals surface area contributed by atoms with Crippen molar-refractivity contribution >= 4 is 37.8 Å². The molecule has 0 unspecified atom stereocenters. The summed E-state index contributed by atoms with van der Waals surface area (Å²) in [5, 5.41) is 8.89. The van der Waals surface area contributed by atoms with Gasteiger partial charge in [-0.25, -0.2) is 8.42 Å². The summed E-state index contributed by atoms with van der Waals surface area (Å²) < 4.78 is 26.8. The lowest BCUT2D eigenvalue weighted by Gasteiger charge is -2.13. The number of carboxylic acid groups (broad SMARTS) is 1. The number of halogens is 1. The Morgan fingerprint density at radius 3 is 2.50 bits per heavy atom. The predicted octanol–water partition coefficient (Wildman–Crippen LogP) is 0.364. The first-order valence-electron chi connectivity index (χ1n) is 5.43. The number of aliphatic carboxylic acids is 1. The SMILES string of the molecule is Cc1cc(S(=O)(=O)N[C@@H](CC(N)=O)C(=O)O)ccc1Br. The molecule has 0 spiro atoms. The van der Waals surface area contributed by atoms with Crippen molar-refractivity contribution in [1.29, 1.82) is 0 Å². The van der Waals surface area contributed by atoms with Gasteiger partial charge in [-0.15, -0.1) is 0 Å². The average Bonchev–Trinajstić information content (AvgIpc) is 2.30. The molecule has 0 aliphatic rings. The summed E-state index contributed by atoms with van der Waals surface area (Å²) >= 11 is 3.23. The molecule has 110 valence electrons. The number of nitrogens with one attached hydrogen (secondary N) is 1. The molecule has 4 N–H and O–H groups in total. The van der Waals surface area contributed by atoms with E-state index in [2.05, 4.69) is 15.9 Å². The largest absolute Gasteiger partial charge is 0.480 e. The van der Waals surface area contributed by atoms with Gasteiger partial charge < -0.3 is 10.8 Å². The normalized spacial score (nSPS) is 12.9. The number of carboxylic acids is 1. The Hall–Kier alpha value is -1.45. The molecule has 0 bridgehead atoms. The van der Waals surface area contributed by atoms with E-state index < -0.39 is 34.4 Å². The molecular formula is C11H13BrN2O5S. The Bertz CT molecular complexity index is 644. The number of sulfonamides is 1. The monoisotopic (exact) mass is 364 g/mol. The molecule has 9 heteroatoms. The van der Waals surface area contributed by atoms with E-state index in [9.17, 15) is 18.0 Å². The molecule has 0 aromatic heterocycles. The van der Waals surface area contributed by atoms with Crippen LogP contribution < -0.4 is 10.5 Å². The maximum absolute atomic E-state index is 12.1. The van der Waals surface area contributed by atoms with Crippen molar-refractivity contribution in [2.24, 2.45) is 5.73 Å². The zero-order valence-corrected chi connectivity index (χ0v) is 12.9. The van der Waals surface area contributed by atoms with Crippen molar-refractivity contribution in [3.8, 4) is 0 Å². The number of rotatable bonds is 6. The highest BCUT2D eigenvalue weighted by Gasteiger charge is 2.27. The van der Waals surface area contributed by atoms with Crippen molar-refractivity contribution in [2.45, 2.75) is 24.3 Å². The van der Waals surface area contributed by atoms with Crippen LogP contribution in [0.5, 0.6) is 0 Å². The van der Waals surface area contributed by atoms with Crippen LogP contribution in [0.1, 0.15) is 12.0 Å². The Balaban J connectivity index is 3.06. The highest BCUT2D eigenvalue weighted by Crippen LogP contribution is 2.20. The molecule has 0 aliphatic carbocycles. The lowest BCUT2D eigenvalue weighted by atomic mass is 10.2. The van der Waals surface area contributed by atoms with Gasteiger partial charge in [0, 0.05) is 4.47 Å². The van der Waals surface area contributed by atoms with Crippen LogP contribution in [-0.4, -0.2) is 31.4 Å². The van der Waals surface area contributed by atoms with Crippen LogP contribution in [0.4, 0.5) is 0 Å². The van der Waals surface area contributed by atoms with Crippen LogP contribution in [0.25, 0.3) is 0 Å². The Morgan fingerprint density at radius 1 is 1.45 bits per heavy atom. The van der Waals surface area contributed by atoms with Crippen LogP contribution in [0.15, 0.2) is 27.6 Å². The maximum Gasteiger partial charge on any atom is 0.322 e. The minimum Gasteiger partial charge on any atom is -0.480 e. The molecule has 1 aromatic carbocycles. The Labute approximate surface area is 124 Å². The third-order valence-corrected chi connectivity index (χ3v) is 4.80. The van der Waals surface area contributed by atoms with Gasteiger partial charge in [-0.2, -0.15) is 4.72 Å². The highest BCUT2D eigenvalue weighted by molar-refractivity contribution is 9.10. The number of carbonyl (C=O) groups excluding carboxylic acids is 1. The number of carbonyl (C=O) groups is 2. The number of hydrogen-bond donors (Lipinski definition) is 3. The zero-order chi connectivity index (χ0) is 15.5. The molecule has 0 saturated carbocycles. The molecule has 1 amide bonds. The minimum atomic E-state index is -4.05. The average molecular weight is 365 g/mol. The van der Waals surface area contributed by atoms with E-state index in [0.717, 1.165) is 4.47 Å². The molecule has 1 aromatic rings. The second-order valence-corrected chi connectivity index (χ2v) is 6.66. The standard InChI is InChI=1S/C11H13BrN2O5S/c1-6-4-7(2-3-8(6)12)20(18,19)14-9(11(16)17)5-10(13)15/h2-4,9,14H,5H2,1H3,(H2,13,15)(H,16,17)/t9-/m0/s1. The van der Waals surface area contributed by atoms with Gasteiger partial charge in [-0.3, -0.25) is 9.59 Å². The third kappa shape index (κ3) is 4.29. The molecule has 1 rings (SSSR count). The molecule has 0 radical (unpaired) electrons. The second-order valence-electron chi connectivity index (χ2n) is 4.09. The van der Waals surface area contributed by atoms with Gasteiger partial charge in [-0.1, -0.05) is 15.9 Å². The van der Waals surface area contributed by atoms with E-state index in [1.807, 2.05) is 4.72 Å². The molecule has 20 heavy (non-hydrogen) atoms. The van der Waals surface area contributed by atoms with Crippen molar-refractivity contribution in [3.05, 3.63) is 28.2 Å². The summed E-state index contributed by atoms with van der Waals surface area (Å²) in [5.74, 6) is -2.38. The van der Waals surface area contributed by atoms with E-state index >= 15 is 0 Å². The Morgan fingerprint density at radius 2 is 2.05 bits per heavy atom. The third-order valence-electron chi connectivity index (χ3n) is 2.44. The van der Waals surface area contributed by atoms with Gasteiger partial charge in [-0.05, 0) is 30.7 Å². The molecular weight excluding hydrogens is 352 g/mol. The molecule has 0 fully saturated rings. The van der Waals surface area contributed by atoms with Crippen LogP contribution in [0.3, 0.4) is 0 Å². The van der Waals surface area contributed by atoms with Crippen molar-refractivity contribution < 1.29 is 23.1 Å². The van der Waals surface area contributed by atoms with Crippen molar-refractivity contribution in [2.75, 3.05) is 0 Å². The van der Waals surface area contributed by atoms with Gasteiger partial charge >= 0.3 is 5.97 Å². The smallest absolute Gasteiger partial charge is 0.322 e. The van der Waals surface area contributed by atoms with Crippen molar-refractivity contribution in [3.63, 3.8) is 0 Å². The van der Waals surface area contributed by atoms with Gasteiger partial charge in [0.2, 0.25) is 15.9 Å². The topological polar surface area (TPSA) is 127 Å². The van der Waals surface area contributed by atoms with Gasteiger partial charge in [0.05, 0.1) is 11.3 Å². The minimum absolute atomic E-state index is 0.0890. The van der Waals surface area contributed by atoms with Gasteiger partial charge in [0.25, 0.3) is 0 Å². The quantitative estimate of drug-likeness (QED) is 0.671. The van der Waals surface area contributed by atoms with Crippen LogP contribution in [-0.2, 0) is 19.6 Å². The maximum atomic E-state index is 12.1. The molecule has 0 aliphatic heterocycles. The van der Waals surface area contributed by atoms with E-state index in [4.69, 9.17) is 10.8 Å². The first kappa shape index (κ1) is 16.6. The molecule has 1 atom stereocenters. The number of hydrogen-bond acceptors (Lipinski definition) is 4. The van der Waals surface area contributed by atoms with Gasteiger partial charge in [0.15, 0.2) is 0 Å².